The molecule has 2 heterocycles. The van der Waals surface area contributed by atoms with Crippen molar-refractivity contribution in [3.05, 3.63) is 34.3 Å². The molecule has 0 aromatic heterocycles. The fourth-order valence-electron chi connectivity index (χ4n) is 3.55. The van der Waals surface area contributed by atoms with Crippen molar-refractivity contribution < 1.29 is 4.79 Å². The van der Waals surface area contributed by atoms with E-state index in [-0.39, 0.29) is 11.8 Å². The van der Waals surface area contributed by atoms with Crippen LogP contribution in [0.1, 0.15) is 36.5 Å². The molecular weight excluding hydrogens is 328 g/mol. The molecule has 0 spiro atoms. The van der Waals surface area contributed by atoms with Gasteiger partial charge in [0.1, 0.15) is 0 Å². The molecule has 1 aromatic rings. The highest BCUT2D eigenvalue weighted by Crippen LogP contribution is 2.23. The fraction of sp³-hybridized carbons (Fsp3) is 0.588. The third-order valence-corrected chi connectivity index (χ3v) is 5.44. The molecule has 2 unspecified atom stereocenters. The number of rotatable bonds is 4. The van der Waals surface area contributed by atoms with Crippen molar-refractivity contribution in [2.75, 3.05) is 26.2 Å². The van der Waals surface area contributed by atoms with Gasteiger partial charge in [-0.25, -0.2) is 0 Å². The van der Waals surface area contributed by atoms with Crippen LogP contribution in [0.5, 0.6) is 0 Å². The lowest BCUT2D eigenvalue weighted by atomic mass is 10.0. The van der Waals surface area contributed by atoms with E-state index in [1.165, 1.54) is 32.4 Å². The molecule has 3 nitrogen and oxygen atoms in total. The lowest BCUT2D eigenvalue weighted by Crippen LogP contribution is -2.41. The van der Waals surface area contributed by atoms with Crippen LogP contribution in [-0.2, 0) is 0 Å². The molecule has 3 rings (SSSR count). The average Bonchev–Trinajstić information content (AvgIpc) is 3.17. The van der Waals surface area contributed by atoms with Gasteiger partial charge in [-0.05, 0) is 51.4 Å². The molecule has 0 radical (unpaired) electrons. The second-order valence-electron chi connectivity index (χ2n) is 6.23. The smallest absolute Gasteiger partial charge is 0.179 e. The number of halogens is 1. The van der Waals surface area contributed by atoms with E-state index in [1.54, 1.807) is 0 Å². The van der Waals surface area contributed by atoms with Crippen molar-refractivity contribution in [3.8, 4) is 0 Å². The van der Waals surface area contributed by atoms with E-state index in [2.05, 4.69) is 32.7 Å². The Balaban J connectivity index is 1.61. The zero-order chi connectivity index (χ0) is 14.8. The summed E-state index contributed by atoms with van der Waals surface area (Å²) < 4.78 is 1.02. The lowest BCUT2D eigenvalue weighted by Gasteiger charge is -2.26. The molecule has 2 aliphatic heterocycles. The van der Waals surface area contributed by atoms with Gasteiger partial charge in [0.05, 0.1) is 6.04 Å². The predicted molar refractivity (Wildman–Crippen MR) is 88.7 cm³/mol. The van der Waals surface area contributed by atoms with E-state index < -0.39 is 0 Å². The van der Waals surface area contributed by atoms with Crippen LogP contribution in [0.2, 0.25) is 0 Å². The highest BCUT2D eigenvalue weighted by Gasteiger charge is 2.33. The standard InChI is InChI=1S/C17H23BrN2O/c1-13(17(21)14-4-6-15(18)7-5-14)20-11-8-16(12-20)19-9-2-3-10-19/h4-7,13,16H,2-3,8-12H2,1H3. The molecular formula is C17H23BrN2O. The Morgan fingerprint density at radius 1 is 1.19 bits per heavy atom. The van der Waals surface area contributed by atoms with Gasteiger partial charge in [0.2, 0.25) is 0 Å². The molecule has 0 amide bonds. The van der Waals surface area contributed by atoms with Gasteiger partial charge in [0, 0.05) is 29.2 Å². The van der Waals surface area contributed by atoms with Crippen LogP contribution < -0.4 is 0 Å². The van der Waals surface area contributed by atoms with Gasteiger partial charge >= 0.3 is 0 Å². The summed E-state index contributed by atoms with van der Waals surface area (Å²) in [5, 5.41) is 0. The summed E-state index contributed by atoms with van der Waals surface area (Å²) >= 11 is 3.42. The first-order valence-corrected chi connectivity index (χ1v) is 8.72. The summed E-state index contributed by atoms with van der Waals surface area (Å²) in [6.07, 6.45) is 3.88. The molecule has 2 saturated heterocycles. The van der Waals surface area contributed by atoms with Crippen molar-refractivity contribution >= 4 is 21.7 Å². The Bertz CT molecular complexity index is 496. The van der Waals surface area contributed by atoms with Gasteiger partial charge in [-0.1, -0.05) is 28.1 Å². The summed E-state index contributed by atoms with van der Waals surface area (Å²) in [5.41, 5.74) is 0.815. The Morgan fingerprint density at radius 3 is 2.52 bits per heavy atom. The largest absolute Gasteiger partial charge is 0.299 e. The summed E-state index contributed by atoms with van der Waals surface area (Å²) in [5.74, 6) is 0.240. The van der Waals surface area contributed by atoms with E-state index in [1.807, 2.05) is 24.3 Å². The maximum atomic E-state index is 12.6. The second-order valence-corrected chi connectivity index (χ2v) is 7.14. The first-order chi connectivity index (χ1) is 10.1. The van der Waals surface area contributed by atoms with Gasteiger partial charge in [-0.15, -0.1) is 0 Å². The Kier molecular flexibility index (Phi) is 4.77. The van der Waals surface area contributed by atoms with Gasteiger partial charge in [0.15, 0.2) is 5.78 Å². The summed E-state index contributed by atoms with van der Waals surface area (Å²) in [6.45, 7) is 6.63. The normalized spacial score (nSPS) is 25.3. The number of carbonyl (C=O) groups excluding carboxylic acids is 1. The zero-order valence-corrected chi connectivity index (χ0v) is 14.2. The van der Waals surface area contributed by atoms with Gasteiger partial charge in [0.25, 0.3) is 0 Å². The number of hydrogen-bond acceptors (Lipinski definition) is 3. The van der Waals surface area contributed by atoms with E-state index >= 15 is 0 Å². The van der Waals surface area contributed by atoms with Crippen molar-refractivity contribution in [2.24, 2.45) is 0 Å². The molecule has 2 aliphatic rings. The molecule has 2 atom stereocenters. The van der Waals surface area contributed by atoms with Crippen LogP contribution >= 0.6 is 15.9 Å². The lowest BCUT2D eigenvalue weighted by molar-refractivity contribution is 0.0857. The van der Waals surface area contributed by atoms with Gasteiger partial charge in [-0.2, -0.15) is 0 Å². The van der Waals surface area contributed by atoms with Crippen LogP contribution in [0.4, 0.5) is 0 Å². The highest BCUT2D eigenvalue weighted by atomic mass is 79.9. The van der Waals surface area contributed by atoms with Gasteiger partial charge < -0.3 is 0 Å². The van der Waals surface area contributed by atoms with Crippen LogP contribution in [0.15, 0.2) is 28.7 Å². The molecule has 114 valence electrons. The zero-order valence-electron chi connectivity index (χ0n) is 12.6. The number of carbonyl (C=O) groups is 1. The Hall–Kier alpha value is -0.710. The number of benzene rings is 1. The first kappa shape index (κ1) is 15.2. The molecule has 0 bridgehead atoms. The summed E-state index contributed by atoms with van der Waals surface area (Å²) in [6, 6.07) is 8.35. The molecule has 1 aromatic carbocycles. The minimum absolute atomic E-state index is 0.0150. The van der Waals surface area contributed by atoms with E-state index in [4.69, 9.17) is 0 Å². The Morgan fingerprint density at radius 2 is 1.86 bits per heavy atom. The van der Waals surface area contributed by atoms with Crippen LogP contribution in [0, 0.1) is 0 Å². The predicted octanol–water partition coefficient (Wildman–Crippen LogP) is 3.19. The van der Waals surface area contributed by atoms with Crippen molar-refractivity contribution in [1.29, 1.82) is 0 Å². The topological polar surface area (TPSA) is 23.6 Å². The molecule has 0 saturated carbocycles. The van der Waals surface area contributed by atoms with Crippen LogP contribution in [0.25, 0.3) is 0 Å². The quantitative estimate of drug-likeness (QED) is 0.779. The monoisotopic (exact) mass is 350 g/mol. The summed E-state index contributed by atoms with van der Waals surface area (Å²) in [4.78, 5) is 17.6. The fourth-order valence-corrected chi connectivity index (χ4v) is 3.81. The second kappa shape index (κ2) is 6.59. The van der Waals surface area contributed by atoms with E-state index in [0.29, 0.717) is 6.04 Å². The average molecular weight is 351 g/mol. The number of nitrogens with zero attached hydrogens (tertiary/aromatic N) is 2. The maximum Gasteiger partial charge on any atom is 0.179 e. The number of Topliss-reactive ketones (excluding diaryl/α,β-unsaturated/α-hetero) is 1. The van der Waals surface area contributed by atoms with E-state index in [9.17, 15) is 4.79 Å². The van der Waals surface area contributed by atoms with Crippen LogP contribution in [-0.4, -0.2) is 53.8 Å². The SMILES string of the molecule is CC(C(=O)c1ccc(Br)cc1)N1CCC(N2CCCC2)C1. The molecule has 0 aliphatic carbocycles. The van der Waals surface area contributed by atoms with Crippen LogP contribution in [0.3, 0.4) is 0 Å². The minimum atomic E-state index is -0.0150. The van der Waals surface area contributed by atoms with Gasteiger partial charge in [-0.3, -0.25) is 14.6 Å². The highest BCUT2D eigenvalue weighted by molar-refractivity contribution is 9.10. The first-order valence-electron chi connectivity index (χ1n) is 7.93. The summed E-state index contributed by atoms with van der Waals surface area (Å²) in [7, 11) is 0. The van der Waals surface area contributed by atoms with Crippen molar-refractivity contribution in [2.45, 2.75) is 38.3 Å². The van der Waals surface area contributed by atoms with Crippen molar-refractivity contribution in [1.82, 2.24) is 9.80 Å². The molecule has 4 heteroatoms. The van der Waals surface area contributed by atoms with Crippen molar-refractivity contribution in [3.63, 3.8) is 0 Å². The molecule has 0 N–H and O–H groups in total. The maximum absolute atomic E-state index is 12.6. The van der Waals surface area contributed by atoms with E-state index in [0.717, 1.165) is 23.1 Å². The number of hydrogen-bond donors (Lipinski definition) is 0. The number of likely N-dealkylation sites (tertiary alicyclic amines) is 2. The third kappa shape index (κ3) is 3.38. The molecule has 21 heavy (non-hydrogen) atoms. The third-order valence-electron chi connectivity index (χ3n) is 4.91. The number of ketones is 1. The Labute approximate surface area is 135 Å². The molecule has 2 fully saturated rings. The minimum Gasteiger partial charge on any atom is -0.299 e.